The summed E-state index contributed by atoms with van der Waals surface area (Å²) >= 11 is 0. The molecule has 0 radical (unpaired) electrons. The second-order valence-corrected chi connectivity index (χ2v) is 5.99. The van der Waals surface area contributed by atoms with Crippen molar-refractivity contribution in [3.63, 3.8) is 0 Å². The fourth-order valence-electron chi connectivity index (χ4n) is 2.55. The molecule has 3 aromatic rings. The van der Waals surface area contributed by atoms with Gasteiger partial charge in [-0.25, -0.2) is 9.97 Å². The predicted molar refractivity (Wildman–Crippen MR) is 101 cm³/mol. The summed E-state index contributed by atoms with van der Waals surface area (Å²) in [6.45, 7) is 5.68. The Morgan fingerprint density at radius 3 is 2.40 bits per heavy atom. The van der Waals surface area contributed by atoms with Gasteiger partial charge in [-0.2, -0.15) is 0 Å². The van der Waals surface area contributed by atoms with E-state index in [1.165, 1.54) is 11.9 Å². The van der Waals surface area contributed by atoms with E-state index in [0.29, 0.717) is 17.2 Å². The van der Waals surface area contributed by atoms with Gasteiger partial charge in [0.05, 0.1) is 0 Å². The molecule has 0 amide bonds. The number of aromatic nitrogens is 2. The molecule has 0 unspecified atom stereocenters. The molecule has 5 heteroatoms. The maximum absolute atomic E-state index is 11.5. The lowest BCUT2D eigenvalue weighted by atomic mass is 10.1. The zero-order valence-electron chi connectivity index (χ0n) is 14.5. The topological polar surface area (TPSA) is 66.9 Å². The highest BCUT2D eigenvalue weighted by Gasteiger charge is 2.04. The summed E-state index contributed by atoms with van der Waals surface area (Å²) in [5, 5.41) is 6.52. The molecule has 0 aliphatic carbocycles. The predicted octanol–water partition coefficient (Wildman–Crippen LogP) is 4.78. The van der Waals surface area contributed by atoms with Crippen molar-refractivity contribution in [2.45, 2.75) is 20.8 Å². The van der Waals surface area contributed by atoms with Gasteiger partial charge in [-0.3, -0.25) is 4.79 Å². The largest absolute Gasteiger partial charge is 0.340 e. The van der Waals surface area contributed by atoms with Crippen LogP contribution < -0.4 is 10.6 Å². The van der Waals surface area contributed by atoms with Gasteiger partial charge in [0.2, 0.25) is 0 Å². The van der Waals surface area contributed by atoms with Crippen molar-refractivity contribution in [3.8, 4) is 0 Å². The quantitative estimate of drug-likeness (QED) is 0.658. The summed E-state index contributed by atoms with van der Waals surface area (Å²) in [7, 11) is 0. The molecule has 0 atom stereocenters. The van der Waals surface area contributed by atoms with Crippen molar-refractivity contribution in [1.29, 1.82) is 0 Å². The van der Waals surface area contributed by atoms with E-state index in [-0.39, 0.29) is 5.78 Å². The van der Waals surface area contributed by atoms with Crippen LogP contribution in [0, 0.1) is 13.8 Å². The van der Waals surface area contributed by atoms with Gasteiger partial charge in [0, 0.05) is 23.0 Å². The van der Waals surface area contributed by atoms with Gasteiger partial charge in [-0.15, -0.1) is 0 Å². The molecule has 2 N–H and O–H groups in total. The molecular formula is C20H20N4O. The number of carbonyl (C=O) groups is 1. The number of ketones is 1. The van der Waals surface area contributed by atoms with E-state index in [0.717, 1.165) is 16.9 Å². The number of nitrogens with zero attached hydrogens (tertiary/aromatic N) is 2. The smallest absolute Gasteiger partial charge is 0.159 e. The van der Waals surface area contributed by atoms with Crippen LogP contribution >= 0.6 is 0 Å². The Hall–Kier alpha value is -3.21. The van der Waals surface area contributed by atoms with E-state index < -0.39 is 0 Å². The fraction of sp³-hybridized carbons (Fsp3) is 0.150. The third kappa shape index (κ3) is 4.20. The van der Waals surface area contributed by atoms with E-state index in [9.17, 15) is 4.79 Å². The number of Topliss-reactive ketones (excluding diaryl/α,β-unsaturated/α-hetero) is 1. The number of rotatable bonds is 5. The van der Waals surface area contributed by atoms with Gasteiger partial charge >= 0.3 is 0 Å². The molecule has 0 spiro atoms. The van der Waals surface area contributed by atoms with Gasteiger partial charge in [-0.05, 0) is 44.5 Å². The van der Waals surface area contributed by atoms with Gasteiger partial charge in [0.1, 0.15) is 18.0 Å². The van der Waals surface area contributed by atoms with Gasteiger partial charge < -0.3 is 10.6 Å². The molecule has 3 rings (SSSR count). The van der Waals surface area contributed by atoms with Crippen LogP contribution in [0.25, 0.3) is 0 Å². The number of hydrogen-bond donors (Lipinski definition) is 2. The summed E-state index contributed by atoms with van der Waals surface area (Å²) in [6, 6.07) is 15.4. The maximum atomic E-state index is 11.5. The molecule has 0 bridgehead atoms. The number of anilines is 4. The minimum absolute atomic E-state index is 0.0311. The normalized spacial score (nSPS) is 10.4. The second-order valence-electron chi connectivity index (χ2n) is 5.99. The van der Waals surface area contributed by atoms with Crippen LogP contribution in [-0.4, -0.2) is 15.8 Å². The maximum Gasteiger partial charge on any atom is 0.159 e. The second kappa shape index (κ2) is 7.13. The first-order valence-electron chi connectivity index (χ1n) is 8.05. The van der Waals surface area contributed by atoms with E-state index in [2.05, 4.69) is 46.6 Å². The van der Waals surface area contributed by atoms with Crippen LogP contribution in [0.4, 0.5) is 23.0 Å². The lowest BCUT2D eigenvalue weighted by Crippen LogP contribution is -2.00. The molecule has 0 fully saturated rings. The molecule has 0 aliphatic heterocycles. The van der Waals surface area contributed by atoms with E-state index in [1.807, 2.05) is 30.3 Å². The number of carbonyl (C=O) groups excluding carboxylic acids is 1. The average molecular weight is 332 g/mol. The van der Waals surface area contributed by atoms with Crippen molar-refractivity contribution in [3.05, 3.63) is 71.5 Å². The van der Waals surface area contributed by atoms with Crippen molar-refractivity contribution in [1.82, 2.24) is 9.97 Å². The van der Waals surface area contributed by atoms with Crippen molar-refractivity contribution < 1.29 is 4.79 Å². The summed E-state index contributed by atoms with van der Waals surface area (Å²) in [6.07, 6.45) is 1.50. The molecule has 2 aromatic carbocycles. The molecule has 25 heavy (non-hydrogen) atoms. The number of aryl methyl sites for hydroxylation is 2. The molecule has 5 nitrogen and oxygen atoms in total. The van der Waals surface area contributed by atoms with Crippen LogP contribution in [0.3, 0.4) is 0 Å². The SMILES string of the molecule is CC(=O)c1cccc(Nc2cc(Nc3ccc(C)cc3C)ncn2)c1. The Morgan fingerprint density at radius 1 is 0.920 bits per heavy atom. The monoisotopic (exact) mass is 332 g/mol. The third-order valence-corrected chi connectivity index (χ3v) is 3.85. The summed E-state index contributed by atoms with van der Waals surface area (Å²) in [5.41, 5.74) is 4.85. The lowest BCUT2D eigenvalue weighted by Gasteiger charge is -2.11. The minimum Gasteiger partial charge on any atom is -0.340 e. The van der Waals surface area contributed by atoms with Gasteiger partial charge in [0.25, 0.3) is 0 Å². The molecule has 0 saturated carbocycles. The highest BCUT2D eigenvalue weighted by Crippen LogP contribution is 2.22. The molecule has 1 heterocycles. The van der Waals surface area contributed by atoms with E-state index in [4.69, 9.17) is 0 Å². The summed E-state index contributed by atoms with van der Waals surface area (Å²) in [4.78, 5) is 20.0. The zero-order chi connectivity index (χ0) is 17.8. The molecule has 1 aromatic heterocycles. The van der Waals surface area contributed by atoms with Crippen molar-refractivity contribution >= 4 is 28.8 Å². The minimum atomic E-state index is 0.0311. The number of hydrogen-bond acceptors (Lipinski definition) is 5. The average Bonchev–Trinajstić information content (AvgIpc) is 2.58. The van der Waals surface area contributed by atoms with E-state index >= 15 is 0 Å². The Labute approximate surface area is 147 Å². The first kappa shape index (κ1) is 16.6. The highest BCUT2D eigenvalue weighted by atomic mass is 16.1. The lowest BCUT2D eigenvalue weighted by molar-refractivity contribution is 0.101. The van der Waals surface area contributed by atoms with Gasteiger partial charge in [-0.1, -0.05) is 29.8 Å². The molecule has 126 valence electrons. The standard InChI is InChI=1S/C20H20N4O/c1-13-7-8-18(14(2)9-13)24-20-11-19(21-12-22-20)23-17-6-4-5-16(10-17)15(3)25/h4-12H,1-3H3,(H2,21,22,23,24). The van der Waals surface area contributed by atoms with E-state index in [1.54, 1.807) is 13.0 Å². The Morgan fingerprint density at radius 2 is 1.68 bits per heavy atom. The van der Waals surface area contributed by atoms with Crippen LogP contribution in [0.15, 0.2) is 54.9 Å². The molecule has 0 aliphatic rings. The first-order chi connectivity index (χ1) is 12.0. The zero-order valence-corrected chi connectivity index (χ0v) is 14.5. The third-order valence-electron chi connectivity index (χ3n) is 3.85. The molecule has 0 saturated heterocycles. The molecular weight excluding hydrogens is 312 g/mol. The number of nitrogens with one attached hydrogen (secondary N) is 2. The number of benzene rings is 2. The summed E-state index contributed by atoms with van der Waals surface area (Å²) < 4.78 is 0. The summed E-state index contributed by atoms with van der Waals surface area (Å²) in [5.74, 6) is 1.39. The van der Waals surface area contributed by atoms with Crippen LogP contribution in [0.5, 0.6) is 0 Å². The Kier molecular flexibility index (Phi) is 4.75. The van der Waals surface area contributed by atoms with Crippen LogP contribution in [-0.2, 0) is 0 Å². The highest BCUT2D eigenvalue weighted by molar-refractivity contribution is 5.95. The van der Waals surface area contributed by atoms with Crippen molar-refractivity contribution in [2.24, 2.45) is 0 Å². The Bertz CT molecular complexity index is 921. The van der Waals surface area contributed by atoms with Crippen LogP contribution in [0.2, 0.25) is 0 Å². The Balaban J connectivity index is 1.79. The fourth-order valence-corrected chi connectivity index (χ4v) is 2.55. The van der Waals surface area contributed by atoms with Crippen molar-refractivity contribution in [2.75, 3.05) is 10.6 Å². The first-order valence-corrected chi connectivity index (χ1v) is 8.05. The van der Waals surface area contributed by atoms with Crippen LogP contribution in [0.1, 0.15) is 28.4 Å². The van der Waals surface area contributed by atoms with Gasteiger partial charge in [0.15, 0.2) is 5.78 Å².